The van der Waals surface area contributed by atoms with E-state index in [0.29, 0.717) is 5.69 Å². The van der Waals surface area contributed by atoms with Gasteiger partial charge in [-0.05, 0) is 29.7 Å². The third-order valence-electron chi connectivity index (χ3n) is 3.88. The number of aromatic nitrogens is 3. The molecule has 118 valence electrons. The van der Waals surface area contributed by atoms with Crippen molar-refractivity contribution in [2.75, 3.05) is 5.32 Å². The lowest BCUT2D eigenvalue weighted by atomic mass is 10.2. The van der Waals surface area contributed by atoms with Crippen molar-refractivity contribution in [1.82, 2.24) is 14.3 Å². The van der Waals surface area contributed by atoms with Gasteiger partial charge in [0.15, 0.2) is 0 Å². The first-order valence-electron chi connectivity index (χ1n) is 7.73. The highest BCUT2D eigenvalue weighted by Crippen LogP contribution is 2.16. The summed E-state index contributed by atoms with van der Waals surface area (Å²) in [6.07, 6.45) is 5.39. The van der Waals surface area contributed by atoms with Crippen LogP contribution < -0.4 is 5.32 Å². The average molecular weight is 316 g/mol. The molecule has 0 aliphatic rings. The molecule has 0 radical (unpaired) electrons. The molecular formula is C19H16N4O. The number of para-hydroxylation sites is 2. The van der Waals surface area contributed by atoms with Crippen molar-refractivity contribution < 1.29 is 4.79 Å². The molecule has 1 N–H and O–H groups in total. The number of anilines is 1. The standard InChI is InChI=1S/C19H16N4O/c24-19(14-22-11-10-15-6-4-5-9-18(15)22)21-16-12-20-23(13-16)17-7-2-1-3-8-17/h1-13H,14H2,(H,21,24). The summed E-state index contributed by atoms with van der Waals surface area (Å²) in [6, 6.07) is 19.8. The Kier molecular flexibility index (Phi) is 3.59. The maximum Gasteiger partial charge on any atom is 0.244 e. The number of fused-ring (bicyclic) bond motifs is 1. The van der Waals surface area contributed by atoms with Gasteiger partial charge in [-0.25, -0.2) is 4.68 Å². The number of amides is 1. The molecule has 4 aromatic rings. The van der Waals surface area contributed by atoms with Crippen molar-refractivity contribution >= 4 is 22.5 Å². The van der Waals surface area contributed by atoms with Crippen LogP contribution in [0.25, 0.3) is 16.6 Å². The van der Waals surface area contributed by atoms with Crippen LogP contribution in [0.3, 0.4) is 0 Å². The lowest BCUT2D eigenvalue weighted by molar-refractivity contribution is -0.116. The molecule has 24 heavy (non-hydrogen) atoms. The van der Waals surface area contributed by atoms with Gasteiger partial charge in [0.25, 0.3) is 0 Å². The van der Waals surface area contributed by atoms with Crippen LogP contribution in [0.4, 0.5) is 5.69 Å². The fourth-order valence-electron chi connectivity index (χ4n) is 2.74. The van der Waals surface area contributed by atoms with Gasteiger partial charge in [-0.2, -0.15) is 5.10 Å². The van der Waals surface area contributed by atoms with Crippen LogP contribution in [-0.4, -0.2) is 20.3 Å². The fourth-order valence-corrected chi connectivity index (χ4v) is 2.74. The summed E-state index contributed by atoms with van der Waals surface area (Å²) in [5.74, 6) is -0.0797. The van der Waals surface area contributed by atoms with Gasteiger partial charge >= 0.3 is 0 Å². The Morgan fingerprint density at radius 3 is 2.67 bits per heavy atom. The highest BCUT2D eigenvalue weighted by atomic mass is 16.1. The molecule has 2 heterocycles. The third-order valence-corrected chi connectivity index (χ3v) is 3.88. The molecule has 0 aliphatic carbocycles. The first kappa shape index (κ1) is 14.3. The van der Waals surface area contributed by atoms with E-state index in [9.17, 15) is 4.79 Å². The van der Waals surface area contributed by atoms with Crippen LogP contribution in [0.1, 0.15) is 0 Å². The van der Waals surface area contributed by atoms with Crippen molar-refractivity contribution in [1.29, 1.82) is 0 Å². The molecule has 0 saturated carbocycles. The van der Waals surface area contributed by atoms with Crippen molar-refractivity contribution in [3.8, 4) is 5.69 Å². The molecule has 0 atom stereocenters. The van der Waals surface area contributed by atoms with E-state index >= 15 is 0 Å². The Bertz CT molecular complexity index is 985. The molecule has 0 fully saturated rings. The van der Waals surface area contributed by atoms with E-state index in [4.69, 9.17) is 0 Å². The Balaban J connectivity index is 1.48. The summed E-state index contributed by atoms with van der Waals surface area (Å²) in [6.45, 7) is 0.268. The second-order valence-corrected chi connectivity index (χ2v) is 5.56. The average Bonchev–Trinajstić information content (AvgIpc) is 3.23. The Morgan fingerprint density at radius 2 is 1.79 bits per heavy atom. The normalized spacial score (nSPS) is 10.8. The van der Waals surface area contributed by atoms with Gasteiger partial charge < -0.3 is 9.88 Å². The molecule has 0 aliphatic heterocycles. The maximum absolute atomic E-state index is 12.3. The number of hydrogen-bond donors (Lipinski definition) is 1. The van der Waals surface area contributed by atoms with Gasteiger partial charge in [0.1, 0.15) is 6.54 Å². The zero-order valence-electron chi connectivity index (χ0n) is 13.0. The minimum absolute atomic E-state index is 0.0797. The molecule has 0 spiro atoms. The molecule has 1 amide bonds. The molecule has 2 aromatic carbocycles. The monoisotopic (exact) mass is 316 g/mol. The molecule has 5 nitrogen and oxygen atoms in total. The van der Waals surface area contributed by atoms with E-state index < -0.39 is 0 Å². The van der Waals surface area contributed by atoms with Gasteiger partial charge in [0.05, 0.1) is 23.8 Å². The van der Waals surface area contributed by atoms with Crippen molar-refractivity contribution in [3.63, 3.8) is 0 Å². The molecule has 0 unspecified atom stereocenters. The predicted octanol–water partition coefficient (Wildman–Crippen LogP) is 3.47. The lowest BCUT2D eigenvalue weighted by Gasteiger charge is -2.05. The first-order chi connectivity index (χ1) is 11.8. The Hall–Kier alpha value is -3.34. The quantitative estimate of drug-likeness (QED) is 0.627. The number of rotatable bonds is 4. The third kappa shape index (κ3) is 2.79. The predicted molar refractivity (Wildman–Crippen MR) is 94.1 cm³/mol. The van der Waals surface area contributed by atoms with Gasteiger partial charge in [-0.3, -0.25) is 4.79 Å². The summed E-state index contributed by atoms with van der Waals surface area (Å²) in [4.78, 5) is 12.3. The SMILES string of the molecule is O=C(Cn1ccc2ccccc21)Nc1cnn(-c2ccccc2)c1. The minimum atomic E-state index is -0.0797. The van der Waals surface area contributed by atoms with Crippen LogP contribution in [-0.2, 0) is 11.3 Å². The topological polar surface area (TPSA) is 51.9 Å². The second kappa shape index (κ2) is 6.04. The van der Waals surface area contributed by atoms with Gasteiger partial charge in [-0.1, -0.05) is 36.4 Å². The van der Waals surface area contributed by atoms with Crippen LogP contribution in [0.2, 0.25) is 0 Å². The highest BCUT2D eigenvalue weighted by Gasteiger charge is 2.08. The molecule has 5 heteroatoms. The number of hydrogen-bond acceptors (Lipinski definition) is 2. The molecule has 0 saturated heterocycles. The summed E-state index contributed by atoms with van der Waals surface area (Å²) in [5, 5.41) is 8.30. The number of nitrogens with one attached hydrogen (secondary N) is 1. The zero-order chi connectivity index (χ0) is 16.4. The van der Waals surface area contributed by atoms with Gasteiger partial charge in [0, 0.05) is 11.7 Å². The molecule has 4 rings (SSSR count). The highest BCUT2D eigenvalue weighted by molar-refractivity contribution is 5.91. The van der Waals surface area contributed by atoms with E-state index in [1.54, 1.807) is 17.1 Å². The Labute approximate surface area is 139 Å². The van der Waals surface area contributed by atoms with Crippen LogP contribution in [0.5, 0.6) is 0 Å². The van der Waals surface area contributed by atoms with E-state index in [2.05, 4.69) is 10.4 Å². The zero-order valence-corrected chi connectivity index (χ0v) is 13.0. The Morgan fingerprint density at radius 1 is 1.00 bits per heavy atom. The van der Waals surface area contributed by atoms with E-state index in [-0.39, 0.29) is 12.5 Å². The van der Waals surface area contributed by atoms with Crippen LogP contribution in [0, 0.1) is 0 Å². The van der Waals surface area contributed by atoms with Crippen molar-refractivity contribution in [3.05, 3.63) is 79.3 Å². The van der Waals surface area contributed by atoms with E-state index in [0.717, 1.165) is 16.6 Å². The summed E-state index contributed by atoms with van der Waals surface area (Å²) in [5.41, 5.74) is 2.68. The summed E-state index contributed by atoms with van der Waals surface area (Å²) >= 11 is 0. The smallest absolute Gasteiger partial charge is 0.244 e. The van der Waals surface area contributed by atoms with Crippen molar-refractivity contribution in [2.24, 2.45) is 0 Å². The molecular weight excluding hydrogens is 300 g/mol. The lowest BCUT2D eigenvalue weighted by Crippen LogP contribution is -2.17. The number of carbonyl (C=O) groups excluding carboxylic acids is 1. The van der Waals surface area contributed by atoms with E-state index in [1.165, 1.54) is 0 Å². The first-order valence-corrected chi connectivity index (χ1v) is 7.73. The maximum atomic E-state index is 12.3. The number of carbonyl (C=O) groups is 1. The second-order valence-electron chi connectivity index (χ2n) is 5.56. The molecule has 0 bridgehead atoms. The number of benzene rings is 2. The van der Waals surface area contributed by atoms with Gasteiger partial charge in [-0.15, -0.1) is 0 Å². The van der Waals surface area contributed by atoms with Crippen molar-refractivity contribution in [2.45, 2.75) is 6.54 Å². The van der Waals surface area contributed by atoms with Crippen LogP contribution >= 0.6 is 0 Å². The van der Waals surface area contributed by atoms with E-state index in [1.807, 2.05) is 71.4 Å². The largest absolute Gasteiger partial charge is 0.338 e. The van der Waals surface area contributed by atoms with Gasteiger partial charge in [0.2, 0.25) is 5.91 Å². The fraction of sp³-hybridized carbons (Fsp3) is 0.0526. The molecule has 2 aromatic heterocycles. The summed E-state index contributed by atoms with van der Waals surface area (Å²) in [7, 11) is 0. The summed E-state index contributed by atoms with van der Waals surface area (Å²) < 4.78 is 3.67. The number of nitrogens with zero attached hydrogens (tertiary/aromatic N) is 3. The van der Waals surface area contributed by atoms with Crippen LogP contribution in [0.15, 0.2) is 79.3 Å². The minimum Gasteiger partial charge on any atom is -0.338 e.